The molecule has 0 fully saturated rings. The SMILES string of the molecule is Cc1cc(=O)oc2cc(OCCNC(=O)NCCCCCCN=C=O)ccc12. The Labute approximate surface area is 163 Å². The van der Waals surface area contributed by atoms with E-state index in [1.807, 2.05) is 13.0 Å². The standard InChI is InChI=1S/C20H25N3O5/c1-15-12-19(25)28-18-13-16(6-7-17(15)18)27-11-10-23-20(26)22-9-5-3-2-4-8-21-14-24/h6-7,12-13H,2-5,8-11H2,1H3,(H2,22,23,26). The number of hydrogen-bond acceptors (Lipinski definition) is 6. The Morgan fingerprint density at radius 3 is 2.75 bits per heavy atom. The van der Waals surface area contributed by atoms with E-state index in [2.05, 4.69) is 15.6 Å². The van der Waals surface area contributed by atoms with Gasteiger partial charge in [-0.1, -0.05) is 12.8 Å². The van der Waals surface area contributed by atoms with Crippen LogP contribution in [-0.2, 0) is 4.79 Å². The zero-order chi connectivity index (χ0) is 20.2. The van der Waals surface area contributed by atoms with Crippen LogP contribution in [0, 0.1) is 6.92 Å². The molecule has 0 aliphatic heterocycles. The number of amides is 2. The van der Waals surface area contributed by atoms with E-state index in [-0.39, 0.29) is 6.03 Å². The van der Waals surface area contributed by atoms with Gasteiger partial charge in [0.1, 0.15) is 17.9 Å². The van der Waals surface area contributed by atoms with Crippen molar-refractivity contribution in [1.29, 1.82) is 0 Å². The summed E-state index contributed by atoms with van der Waals surface area (Å²) in [5.74, 6) is 0.572. The van der Waals surface area contributed by atoms with Crippen molar-refractivity contribution in [1.82, 2.24) is 10.6 Å². The first kappa shape index (κ1) is 21.2. The van der Waals surface area contributed by atoms with Gasteiger partial charge in [-0.3, -0.25) is 0 Å². The summed E-state index contributed by atoms with van der Waals surface area (Å²) in [6.45, 7) is 3.61. The largest absolute Gasteiger partial charge is 0.492 e. The maximum Gasteiger partial charge on any atom is 0.336 e. The smallest absolute Gasteiger partial charge is 0.336 e. The topological polar surface area (TPSA) is 110 Å². The van der Waals surface area contributed by atoms with Crippen molar-refractivity contribution in [3.63, 3.8) is 0 Å². The molecule has 0 unspecified atom stereocenters. The molecule has 0 bridgehead atoms. The normalized spacial score (nSPS) is 10.3. The number of isocyanates is 1. The molecular weight excluding hydrogens is 362 g/mol. The molecule has 0 saturated carbocycles. The molecule has 0 aliphatic carbocycles. The number of aryl methyl sites for hydroxylation is 1. The fourth-order valence-corrected chi connectivity index (χ4v) is 2.71. The molecule has 0 atom stereocenters. The van der Waals surface area contributed by atoms with Crippen molar-refractivity contribution in [2.75, 3.05) is 26.2 Å². The van der Waals surface area contributed by atoms with Gasteiger partial charge in [0, 0.05) is 24.1 Å². The molecule has 0 saturated heterocycles. The Bertz CT molecular complexity index is 887. The van der Waals surface area contributed by atoms with Crippen LogP contribution in [0.5, 0.6) is 5.75 Å². The molecule has 0 radical (unpaired) electrons. The highest BCUT2D eigenvalue weighted by Crippen LogP contribution is 2.22. The van der Waals surface area contributed by atoms with Gasteiger partial charge in [-0.15, -0.1) is 0 Å². The van der Waals surface area contributed by atoms with E-state index < -0.39 is 5.63 Å². The fraction of sp³-hybridized carbons (Fsp3) is 0.450. The minimum atomic E-state index is -0.394. The number of unbranched alkanes of at least 4 members (excludes halogenated alkanes) is 3. The second-order valence-corrected chi connectivity index (χ2v) is 6.32. The van der Waals surface area contributed by atoms with Gasteiger partial charge in [0.2, 0.25) is 6.08 Å². The number of hydrogen-bond donors (Lipinski definition) is 2. The lowest BCUT2D eigenvalue weighted by molar-refractivity contribution is 0.236. The number of urea groups is 1. The highest BCUT2D eigenvalue weighted by atomic mass is 16.5. The summed E-state index contributed by atoms with van der Waals surface area (Å²) in [4.78, 5) is 36.5. The number of carbonyl (C=O) groups excluding carboxylic acids is 2. The van der Waals surface area contributed by atoms with Crippen molar-refractivity contribution < 1.29 is 18.7 Å². The Morgan fingerprint density at radius 1 is 1.14 bits per heavy atom. The maximum atomic E-state index is 11.7. The molecule has 2 aromatic rings. The fourth-order valence-electron chi connectivity index (χ4n) is 2.71. The lowest BCUT2D eigenvalue weighted by atomic mass is 10.1. The molecule has 28 heavy (non-hydrogen) atoms. The maximum absolute atomic E-state index is 11.7. The van der Waals surface area contributed by atoms with Crippen molar-refractivity contribution in [2.24, 2.45) is 4.99 Å². The van der Waals surface area contributed by atoms with E-state index in [1.54, 1.807) is 12.1 Å². The Hall–Kier alpha value is -3.12. The molecule has 2 rings (SSSR count). The third kappa shape index (κ3) is 7.25. The second kappa shape index (κ2) is 11.6. The molecule has 2 N–H and O–H groups in total. The van der Waals surface area contributed by atoms with E-state index in [9.17, 15) is 14.4 Å². The van der Waals surface area contributed by atoms with Crippen molar-refractivity contribution in [3.05, 3.63) is 40.2 Å². The molecule has 0 aliphatic rings. The van der Waals surface area contributed by atoms with E-state index in [1.165, 1.54) is 12.1 Å². The molecule has 8 nitrogen and oxygen atoms in total. The Balaban J connectivity index is 1.60. The summed E-state index contributed by atoms with van der Waals surface area (Å²) in [6.07, 6.45) is 5.18. The summed E-state index contributed by atoms with van der Waals surface area (Å²) in [7, 11) is 0. The first-order valence-corrected chi connectivity index (χ1v) is 9.33. The van der Waals surface area contributed by atoms with E-state index >= 15 is 0 Å². The zero-order valence-corrected chi connectivity index (χ0v) is 16.0. The van der Waals surface area contributed by atoms with Gasteiger partial charge in [0.25, 0.3) is 0 Å². The van der Waals surface area contributed by atoms with Crippen molar-refractivity contribution >= 4 is 23.1 Å². The highest BCUT2D eigenvalue weighted by Gasteiger charge is 2.04. The number of nitrogens with zero attached hydrogens (tertiary/aromatic N) is 1. The van der Waals surface area contributed by atoms with Crippen LogP contribution in [0.3, 0.4) is 0 Å². The van der Waals surface area contributed by atoms with Crippen LogP contribution in [0.15, 0.2) is 38.5 Å². The average molecular weight is 387 g/mol. The predicted octanol–water partition coefficient (Wildman–Crippen LogP) is 2.68. The lowest BCUT2D eigenvalue weighted by Crippen LogP contribution is -2.38. The van der Waals surface area contributed by atoms with Crippen LogP contribution < -0.4 is 21.0 Å². The summed E-state index contributed by atoms with van der Waals surface area (Å²) in [6, 6.07) is 6.52. The minimum Gasteiger partial charge on any atom is -0.492 e. The Kier molecular flexibility index (Phi) is 8.75. The second-order valence-electron chi connectivity index (χ2n) is 6.32. The molecule has 150 valence electrons. The zero-order valence-electron chi connectivity index (χ0n) is 16.0. The molecule has 1 aromatic heterocycles. The van der Waals surface area contributed by atoms with Crippen LogP contribution in [0.4, 0.5) is 4.79 Å². The molecule has 2 amide bonds. The van der Waals surface area contributed by atoms with E-state index in [0.29, 0.717) is 37.6 Å². The first-order chi connectivity index (χ1) is 13.6. The van der Waals surface area contributed by atoms with Crippen LogP contribution in [0.25, 0.3) is 11.0 Å². The van der Waals surface area contributed by atoms with Crippen molar-refractivity contribution in [2.45, 2.75) is 32.6 Å². The number of aliphatic imine (C=N–C) groups is 1. The van der Waals surface area contributed by atoms with Crippen LogP contribution in [-0.4, -0.2) is 38.4 Å². The van der Waals surface area contributed by atoms with Gasteiger partial charge >= 0.3 is 11.7 Å². The highest BCUT2D eigenvalue weighted by molar-refractivity contribution is 5.81. The number of ether oxygens (including phenoxy) is 1. The van der Waals surface area contributed by atoms with Crippen LogP contribution in [0.1, 0.15) is 31.2 Å². The monoisotopic (exact) mass is 387 g/mol. The molecule has 0 spiro atoms. The van der Waals surface area contributed by atoms with E-state index in [0.717, 1.165) is 36.6 Å². The summed E-state index contributed by atoms with van der Waals surface area (Å²) < 4.78 is 10.8. The first-order valence-electron chi connectivity index (χ1n) is 9.33. The van der Waals surface area contributed by atoms with Gasteiger partial charge in [-0.25, -0.2) is 19.4 Å². The third-order valence-corrected chi connectivity index (χ3v) is 4.13. The molecular formula is C20H25N3O5. The number of benzene rings is 1. The van der Waals surface area contributed by atoms with Gasteiger partial charge < -0.3 is 19.8 Å². The van der Waals surface area contributed by atoms with Gasteiger partial charge in [0.15, 0.2) is 0 Å². The lowest BCUT2D eigenvalue weighted by Gasteiger charge is -2.10. The Morgan fingerprint density at radius 2 is 1.93 bits per heavy atom. The predicted molar refractivity (Wildman–Crippen MR) is 106 cm³/mol. The van der Waals surface area contributed by atoms with Crippen LogP contribution >= 0.6 is 0 Å². The number of rotatable bonds is 11. The number of nitrogens with one attached hydrogen (secondary N) is 2. The quantitative estimate of drug-likeness (QED) is 0.267. The summed E-state index contributed by atoms with van der Waals surface area (Å²) >= 11 is 0. The number of carbonyl (C=O) groups is 1. The molecule has 1 aromatic carbocycles. The number of fused-ring (bicyclic) bond motifs is 1. The van der Waals surface area contributed by atoms with Gasteiger partial charge in [0.05, 0.1) is 13.1 Å². The minimum absolute atomic E-state index is 0.241. The summed E-state index contributed by atoms with van der Waals surface area (Å²) in [5.41, 5.74) is 0.937. The molecule has 8 heteroatoms. The third-order valence-electron chi connectivity index (χ3n) is 4.13. The molecule has 1 heterocycles. The van der Waals surface area contributed by atoms with Crippen LogP contribution in [0.2, 0.25) is 0 Å². The van der Waals surface area contributed by atoms with E-state index in [4.69, 9.17) is 9.15 Å². The van der Waals surface area contributed by atoms with Crippen molar-refractivity contribution in [3.8, 4) is 5.75 Å². The van der Waals surface area contributed by atoms with Gasteiger partial charge in [-0.05, 0) is 37.5 Å². The summed E-state index contributed by atoms with van der Waals surface area (Å²) in [5, 5.41) is 6.36. The average Bonchev–Trinajstić information content (AvgIpc) is 2.67. The van der Waals surface area contributed by atoms with Gasteiger partial charge in [-0.2, -0.15) is 0 Å².